The Morgan fingerprint density at radius 2 is 1.04 bits per heavy atom. The highest BCUT2D eigenvalue weighted by Crippen LogP contribution is 2.20. The van der Waals surface area contributed by atoms with Gasteiger partial charge in [-0.25, -0.2) is 0 Å². The molecule has 6 nitrogen and oxygen atoms in total. The largest absolute Gasteiger partial charge is 0.522 e. The molecule has 0 fully saturated rings. The summed E-state index contributed by atoms with van der Waals surface area (Å²) in [6.07, 6.45) is 2.26. The average molecular weight is 414 g/mol. The van der Waals surface area contributed by atoms with Crippen molar-refractivity contribution >= 4 is 18.4 Å². The first kappa shape index (κ1) is 24.3. The Bertz CT molecular complexity index is 708. The molecule has 0 aliphatic carbocycles. The Hall–Kier alpha value is -1.71. The van der Waals surface area contributed by atoms with Crippen LogP contribution in [0, 0.1) is 0 Å². The first-order valence-corrected chi connectivity index (χ1v) is 9.71. The molecule has 0 aliphatic heterocycles. The molecule has 11 heteroatoms. The second-order valence-corrected chi connectivity index (χ2v) is 6.65. The Labute approximate surface area is 149 Å². The van der Waals surface area contributed by atoms with Gasteiger partial charge in [0.2, 0.25) is 0 Å². The van der Waals surface area contributed by atoms with E-state index in [4.69, 9.17) is 27.3 Å². The summed E-state index contributed by atoms with van der Waals surface area (Å²) in [6, 6.07) is 21.2. The molecule has 0 atom stereocenters. The third-order valence-electron chi connectivity index (χ3n) is 2.68. The second-order valence-electron chi connectivity index (χ2n) is 4.67. The lowest BCUT2D eigenvalue weighted by molar-refractivity contribution is -0.0510. The maximum Gasteiger partial charge on any atom is 0.522 e. The van der Waals surface area contributed by atoms with Crippen molar-refractivity contribution in [3.63, 3.8) is 0 Å². The molecule has 3 N–H and O–H groups in total. The molecule has 0 radical (unpaired) electrons. The van der Waals surface area contributed by atoms with Crippen molar-refractivity contribution in [3.8, 4) is 0 Å². The quantitative estimate of drug-likeness (QED) is 0.404. The predicted molar refractivity (Wildman–Crippen MR) is 91.3 cm³/mol. The van der Waals surface area contributed by atoms with Gasteiger partial charge in [-0.1, -0.05) is 60.7 Å². The number of hydrogen-bond donors (Lipinski definition) is 3. The van der Waals surface area contributed by atoms with E-state index in [1.165, 1.54) is 11.1 Å². The average Bonchev–Trinajstić information content (AvgIpc) is 2.53. The molecule has 0 aromatic heterocycles. The standard InChI is InChI=1S/C14H14.CHF3O3S.H3O3P/c1-3-7-13(8-4-1)11-12-14-9-5-2-6-10-14;2-1(3,4)8(5,6)7;1-4(2)3/h1-10H,11-12H2;(H,5,6,7);4H,(H2,1,2,3). The Morgan fingerprint density at radius 3 is 1.23 bits per heavy atom. The number of hydrogen-bond acceptors (Lipinski definition) is 3. The molecule has 0 saturated carbocycles. The molecule has 0 amide bonds. The van der Waals surface area contributed by atoms with Crippen LogP contribution in [0.15, 0.2) is 60.7 Å². The van der Waals surface area contributed by atoms with Crippen molar-refractivity contribution < 1.29 is 40.5 Å². The highest BCUT2D eigenvalue weighted by molar-refractivity contribution is 7.86. The Morgan fingerprint density at radius 1 is 0.808 bits per heavy atom. The van der Waals surface area contributed by atoms with Gasteiger partial charge in [0, 0.05) is 0 Å². The molecule has 0 unspecified atom stereocenters. The second kappa shape index (κ2) is 11.8. The van der Waals surface area contributed by atoms with Crippen LogP contribution in [0.4, 0.5) is 13.2 Å². The smallest absolute Gasteiger partial charge is 0.326 e. The van der Waals surface area contributed by atoms with Crippen molar-refractivity contribution in [2.45, 2.75) is 18.3 Å². The van der Waals surface area contributed by atoms with E-state index in [0.717, 1.165) is 12.8 Å². The number of rotatable bonds is 3. The summed E-state index contributed by atoms with van der Waals surface area (Å²) in [5, 5.41) is 0. The van der Waals surface area contributed by atoms with Crippen LogP contribution in [0.1, 0.15) is 11.1 Å². The maximum atomic E-state index is 10.7. The summed E-state index contributed by atoms with van der Waals surface area (Å²) in [7, 11) is -8.97. The van der Waals surface area contributed by atoms with Crippen LogP contribution in [0.2, 0.25) is 0 Å². The first-order valence-electron chi connectivity index (χ1n) is 6.97. The van der Waals surface area contributed by atoms with Crippen LogP contribution in [0.25, 0.3) is 0 Å². The molecule has 146 valence electrons. The normalized spacial score (nSPS) is 11.0. The maximum absolute atomic E-state index is 10.7. The lowest BCUT2D eigenvalue weighted by Crippen LogP contribution is -2.21. The van der Waals surface area contributed by atoms with Gasteiger partial charge in [-0.3, -0.25) is 9.12 Å². The van der Waals surface area contributed by atoms with Crippen LogP contribution in [-0.4, -0.2) is 28.3 Å². The first-order chi connectivity index (χ1) is 11.9. The zero-order chi connectivity index (χ0) is 20.2. The van der Waals surface area contributed by atoms with Gasteiger partial charge in [0.15, 0.2) is 0 Å². The van der Waals surface area contributed by atoms with Gasteiger partial charge in [-0.2, -0.15) is 21.6 Å². The van der Waals surface area contributed by atoms with Crippen LogP contribution in [0.5, 0.6) is 0 Å². The van der Waals surface area contributed by atoms with Gasteiger partial charge < -0.3 is 9.79 Å². The molecule has 26 heavy (non-hydrogen) atoms. The zero-order valence-corrected chi connectivity index (χ0v) is 15.1. The van der Waals surface area contributed by atoms with E-state index in [1.807, 2.05) is 0 Å². The van der Waals surface area contributed by atoms with Crippen LogP contribution in [0.3, 0.4) is 0 Å². The van der Waals surface area contributed by atoms with Crippen LogP contribution >= 0.6 is 8.25 Å². The fourth-order valence-corrected chi connectivity index (χ4v) is 1.58. The monoisotopic (exact) mass is 414 g/mol. The number of alkyl halides is 3. The Kier molecular flexibility index (Phi) is 11.0. The minimum atomic E-state index is -5.84. The van der Waals surface area contributed by atoms with Crippen molar-refractivity contribution in [2.24, 2.45) is 0 Å². The van der Waals surface area contributed by atoms with E-state index in [2.05, 4.69) is 60.7 Å². The SMILES string of the molecule is O=S(=O)(O)C(F)(F)F.O=[PH](O)O.c1ccc(CCc2ccccc2)cc1. The van der Waals surface area contributed by atoms with Crippen molar-refractivity contribution in [3.05, 3.63) is 71.8 Å². The highest BCUT2D eigenvalue weighted by Gasteiger charge is 2.44. The summed E-state index contributed by atoms with van der Waals surface area (Å²) >= 11 is 0. The summed E-state index contributed by atoms with van der Waals surface area (Å²) in [5.41, 5.74) is -2.71. The van der Waals surface area contributed by atoms with E-state index < -0.39 is 23.9 Å². The van der Waals surface area contributed by atoms with Crippen molar-refractivity contribution in [2.75, 3.05) is 0 Å². The van der Waals surface area contributed by atoms with E-state index in [0.29, 0.717) is 0 Å². The number of halogens is 3. The highest BCUT2D eigenvalue weighted by atomic mass is 32.2. The molecule has 2 aromatic carbocycles. The Balaban J connectivity index is 0.000000444. The van der Waals surface area contributed by atoms with Gasteiger partial charge in [-0.05, 0) is 24.0 Å². The van der Waals surface area contributed by atoms with E-state index in [-0.39, 0.29) is 0 Å². The molecule has 0 spiro atoms. The minimum absolute atomic E-state index is 1.13. The molecule has 0 aliphatic rings. The van der Waals surface area contributed by atoms with Crippen LogP contribution in [-0.2, 0) is 27.5 Å². The fourth-order valence-electron chi connectivity index (χ4n) is 1.58. The number of benzene rings is 2. The summed E-state index contributed by atoms with van der Waals surface area (Å²) < 4.78 is 66.3. The van der Waals surface area contributed by atoms with Gasteiger partial charge in [0.1, 0.15) is 0 Å². The van der Waals surface area contributed by atoms with Crippen molar-refractivity contribution in [1.29, 1.82) is 0 Å². The van der Waals surface area contributed by atoms with Crippen molar-refractivity contribution in [1.82, 2.24) is 0 Å². The van der Waals surface area contributed by atoms with E-state index in [9.17, 15) is 13.2 Å². The van der Waals surface area contributed by atoms with E-state index in [1.54, 1.807) is 0 Å². The van der Waals surface area contributed by atoms with Gasteiger partial charge in [0.05, 0.1) is 0 Å². The van der Waals surface area contributed by atoms with Gasteiger partial charge in [0.25, 0.3) is 0 Å². The third kappa shape index (κ3) is 12.6. The molecular weight excluding hydrogens is 396 g/mol. The van der Waals surface area contributed by atoms with E-state index >= 15 is 0 Å². The molecule has 0 saturated heterocycles. The topological polar surface area (TPSA) is 112 Å². The molecule has 2 aromatic rings. The number of aryl methyl sites for hydroxylation is 2. The predicted octanol–water partition coefficient (Wildman–Crippen LogP) is 3.23. The molecule has 0 bridgehead atoms. The summed E-state index contributed by atoms with van der Waals surface area (Å²) in [5.74, 6) is 0. The summed E-state index contributed by atoms with van der Waals surface area (Å²) in [6.45, 7) is 0. The summed E-state index contributed by atoms with van der Waals surface area (Å²) in [4.78, 5) is 14.3. The van der Waals surface area contributed by atoms with Gasteiger partial charge >= 0.3 is 23.9 Å². The molecule has 0 heterocycles. The molecular formula is C15H18F3O6PS. The minimum Gasteiger partial charge on any atom is -0.326 e. The lowest BCUT2D eigenvalue weighted by Gasteiger charge is -2.01. The lowest BCUT2D eigenvalue weighted by atomic mass is 10.0. The zero-order valence-electron chi connectivity index (χ0n) is 13.3. The molecule has 2 rings (SSSR count). The van der Waals surface area contributed by atoms with Gasteiger partial charge in [-0.15, -0.1) is 0 Å². The van der Waals surface area contributed by atoms with Crippen LogP contribution < -0.4 is 0 Å². The third-order valence-corrected chi connectivity index (χ3v) is 3.27. The fraction of sp³-hybridized carbons (Fsp3) is 0.200.